The van der Waals surface area contributed by atoms with Crippen molar-refractivity contribution in [3.05, 3.63) is 17.5 Å². The fraction of sp³-hybridized carbons (Fsp3) is 0.429. The van der Waals surface area contributed by atoms with Crippen LogP contribution in [-0.2, 0) is 9.53 Å². The zero-order valence-corrected chi connectivity index (χ0v) is 14.3. The highest BCUT2D eigenvalue weighted by molar-refractivity contribution is 8.00. The largest absolute Gasteiger partial charge is 0.453 e. The summed E-state index contributed by atoms with van der Waals surface area (Å²) in [6.07, 6.45) is 1.42. The summed E-state index contributed by atoms with van der Waals surface area (Å²) in [5, 5.41) is 12.9. The van der Waals surface area contributed by atoms with Crippen LogP contribution in [0.3, 0.4) is 0 Å². The van der Waals surface area contributed by atoms with Crippen LogP contribution in [0.5, 0.6) is 0 Å². The summed E-state index contributed by atoms with van der Waals surface area (Å²) >= 11 is 2.90. The molecule has 1 atom stereocenters. The molecule has 122 valence electrons. The Morgan fingerprint density at radius 3 is 2.87 bits per heavy atom. The van der Waals surface area contributed by atoms with Crippen LogP contribution in [0.4, 0.5) is 4.79 Å². The maximum atomic E-state index is 12.0. The number of carbonyl (C=O) groups excluding carboxylic acids is 2. The number of ether oxygens (including phenoxy) is 1. The first-order valence-electron chi connectivity index (χ1n) is 7.14. The highest BCUT2D eigenvalue weighted by atomic mass is 32.2. The lowest BCUT2D eigenvalue weighted by Crippen LogP contribution is -2.36. The van der Waals surface area contributed by atoms with E-state index in [1.807, 2.05) is 17.5 Å². The number of rotatable bonds is 5. The van der Waals surface area contributed by atoms with E-state index >= 15 is 0 Å². The minimum absolute atomic E-state index is 0.389. The van der Waals surface area contributed by atoms with Crippen LogP contribution in [0.1, 0.15) is 25.8 Å². The molecule has 9 heteroatoms. The second kappa shape index (κ2) is 6.71. The third kappa shape index (κ3) is 3.56. The molecule has 2 aromatic heterocycles. The monoisotopic (exact) mass is 352 g/mol. The highest BCUT2D eigenvalue weighted by Gasteiger charge is 2.32. The Balaban J connectivity index is 1.78. The lowest BCUT2D eigenvalue weighted by Gasteiger charge is -2.12. The molecule has 0 saturated heterocycles. The number of aromatic nitrogens is 3. The van der Waals surface area contributed by atoms with Gasteiger partial charge in [0.1, 0.15) is 0 Å². The van der Waals surface area contributed by atoms with E-state index < -0.39 is 17.3 Å². The van der Waals surface area contributed by atoms with Crippen molar-refractivity contribution in [2.75, 3.05) is 7.11 Å². The van der Waals surface area contributed by atoms with Crippen molar-refractivity contribution in [2.24, 2.45) is 0 Å². The van der Waals surface area contributed by atoms with Gasteiger partial charge in [0.05, 0.1) is 17.2 Å². The minimum Gasteiger partial charge on any atom is -0.453 e. The fourth-order valence-electron chi connectivity index (χ4n) is 2.06. The number of methoxy groups -OCH3 is 1. The van der Waals surface area contributed by atoms with E-state index in [4.69, 9.17) is 0 Å². The molecule has 23 heavy (non-hydrogen) atoms. The van der Waals surface area contributed by atoms with Crippen molar-refractivity contribution in [2.45, 2.75) is 36.2 Å². The van der Waals surface area contributed by atoms with Crippen molar-refractivity contribution in [1.82, 2.24) is 20.1 Å². The van der Waals surface area contributed by atoms with Crippen molar-refractivity contribution in [3.8, 4) is 10.7 Å². The van der Waals surface area contributed by atoms with E-state index in [-0.39, 0.29) is 0 Å². The van der Waals surface area contributed by atoms with Crippen LogP contribution in [0.15, 0.2) is 22.7 Å². The van der Waals surface area contributed by atoms with Gasteiger partial charge in [-0.3, -0.25) is 14.7 Å². The number of hydrogen-bond acceptors (Lipinski definition) is 7. The maximum absolute atomic E-state index is 12.0. The molecule has 0 aromatic carbocycles. The Hall–Kier alpha value is -1.87. The highest BCUT2D eigenvalue weighted by Crippen LogP contribution is 2.42. The molecule has 1 saturated carbocycles. The van der Waals surface area contributed by atoms with Crippen molar-refractivity contribution in [3.63, 3.8) is 0 Å². The second-order valence-corrected chi connectivity index (χ2v) is 7.38. The lowest BCUT2D eigenvalue weighted by molar-refractivity contribution is -0.119. The normalized spacial score (nSPS) is 15.2. The molecule has 0 radical (unpaired) electrons. The number of hydrogen-bond donors (Lipinski definition) is 1. The summed E-state index contributed by atoms with van der Waals surface area (Å²) in [4.78, 5) is 24.1. The van der Waals surface area contributed by atoms with E-state index in [2.05, 4.69) is 24.8 Å². The van der Waals surface area contributed by atoms with Gasteiger partial charge in [-0.05, 0) is 31.2 Å². The quantitative estimate of drug-likeness (QED) is 0.833. The fourth-order valence-corrected chi connectivity index (χ4v) is 3.68. The number of imide groups is 1. The molecular formula is C14H16N4O3S2. The number of amides is 2. The van der Waals surface area contributed by atoms with Crippen LogP contribution in [0, 0.1) is 0 Å². The standard InChI is InChI=1S/C14H16N4O3S2/c1-8(12(19)15-14(20)21-2)23-13-17-16-11(10-4-3-7-22-10)18(13)9-5-6-9/h3-4,7-9H,5-6H2,1-2H3,(H,15,19,20)/t8-/m1/s1. The van der Waals surface area contributed by atoms with E-state index in [9.17, 15) is 9.59 Å². The van der Waals surface area contributed by atoms with Crippen molar-refractivity contribution < 1.29 is 14.3 Å². The Morgan fingerprint density at radius 2 is 2.26 bits per heavy atom. The second-order valence-electron chi connectivity index (χ2n) is 5.13. The molecule has 0 spiro atoms. The smallest absolute Gasteiger partial charge is 0.413 e. The zero-order valence-electron chi connectivity index (χ0n) is 12.7. The van der Waals surface area contributed by atoms with Crippen LogP contribution in [0.25, 0.3) is 10.7 Å². The van der Waals surface area contributed by atoms with E-state index in [1.165, 1.54) is 18.9 Å². The molecule has 0 unspecified atom stereocenters. The first-order chi connectivity index (χ1) is 11.1. The Kier molecular flexibility index (Phi) is 4.67. The molecule has 0 aliphatic heterocycles. The van der Waals surface area contributed by atoms with Gasteiger partial charge in [0.15, 0.2) is 11.0 Å². The number of nitrogens with zero attached hydrogens (tertiary/aromatic N) is 3. The molecule has 2 heterocycles. The molecule has 1 aliphatic rings. The summed E-state index contributed by atoms with van der Waals surface area (Å²) in [5.41, 5.74) is 0. The number of carbonyl (C=O) groups is 2. The first-order valence-corrected chi connectivity index (χ1v) is 8.90. The van der Waals surface area contributed by atoms with Gasteiger partial charge in [-0.15, -0.1) is 21.5 Å². The van der Waals surface area contributed by atoms with Crippen LogP contribution in [0.2, 0.25) is 0 Å². The molecule has 1 fully saturated rings. The molecular weight excluding hydrogens is 336 g/mol. The minimum atomic E-state index is -0.759. The predicted octanol–water partition coefficient (Wildman–Crippen LogP) is 2.70. The van der Waals surface area contributed by atoms with Gasteiger partial charge in [0.2, 0.25) is 5.91 Å². The molecule has 3 rings (SSSR count). The molecule has 7 nitrogen and oxygen atoms in total. The average molecular weight is 352 g/mol. The van der Waals surface area contributed by atoms with E-state index in [1.54, 1.807) is 18.3 Å². The summed E-state index contributed by atoms with van der Waals surface area (Å²) in [6, 6.07) is 4.38. The van der Waals surface area contributed by atoms with Crippen LogP contribution in [-0.4, -0.2) is 39.1 Å². The molecule has 2 amide bonds. The summed E-state index contributed by atoms with van der Waals surface area (Å²) in [6.45, 7) is 1.72. The molecule has 1 aliphatic carbocycles. The van der Waals surface area contributed by atoms with Gasteiger partial charge in [0.25, 0.3) is 0 Å². The summed E-state index contributed by atoms with van der Waals surface area (Å²) < 4.78 is 6.53. The maximum Gasteiger partial charge on any atom is 0.413 e. The predicted molar refractivity (Wildman–Crippen MR) is 87.5 cm³/mol. The lowest BCUT2D eigenvalue weighted by atomic mass is 10.4. The third-order valence-electron chi connectivity index (χ3n) is 3.38. The summed E-state index contributed by atoms with van der Waals surface area (Å²) in [7, 11) is 1.22. The van der Waals surface area contributed by atoms with Gasteiger partial charge < -0.3 is 4.74 Å². The molecule has 0 bridgehead atoms. The van der Waals surface area contributed by atoms with Gasteiger partial charge in [-0.25, -0.2) is 4.79 Å². The van der Waals surface area contributed by atoms with E-state index in [0.29, 0.717) is 11.2 Å². The van der Waals surface area contributed by atoms with Crippen molar-refractivity contribution >= 4 is 35.1 Å². The Bertz CT molecular complexity index is 710. The van der Waals surface area contributed by atoms with E-state index in [0.717, 1.165) is 23.5 Å². The Morgan fingerprint density at radius 1 is 1.48 bits per heavy atom. The Labute approximate surface area is 141 Å². The zero-order chi connectivity index (χ0) is 16.4. The molecule has 2 aromatic rings. The first kappa shape index (κ1) is 16.0. The SMILES string of the molecule is COC(=O)NC(=O)[C@@H](C)Sc1nnc(-c2cccs2)n1C1CC1. The number of alkyl carbamates (subject to hydrolysis) is 1. The number of nitrogens with one attached hydrogen (secondary N) is 1. The van der Waals surface area contributed by atoms with Gasteiger partial charge in [-0.1, -0.05) is 17.8 Å². The van der Waals surface area contributed by atoms with Gasteiger partial charge >= 0.3 is 6.09 Å². The summed E-state index contributed by atoms with van der Waals surface area (Å²) in [5.74, 6) is 0.426. The van der Waals surface area contributed by atoms with Crippen molar-refractivity contribution in [1.29, 1.82) is 0 Å². The van der Waals surface area contributed by atoms with Crippen LogP contribution < -0.4 is 5.32 Å². The number of thiophene rings is 1. The number of thioether (sulfide) groups is 1. The van der Waals surface area contributed by atoms with Crippen LogP contribution >= 0.6 is 23.1 Å². The van der Waals surface area contributed by atoms with Gasteiger partial charge in [-0.2, -0.15) is 0 Å². The average Bonchev–Trinajstić information content (AvgIpc) is 3.07. The topological polar surface area (TPSA) is 86.1 Å². The molecule has 1 N–H and O–H groups in total. The third-order valence-corrected chi connectivity index (χ3v) is 5.30. The van der Waals surface area contributed by atoms with Gasteiger partial charge in [0, 0.05) is 6.04 Å².